The number of ether oxygens (including phenoxy) is 2. The van der Waals surface area contributed by atoms with Gasteiger partial charge >= 0.3 is 0 Å². The maximum absolute atomic E-state index is 12.3. The van der Waals surface area contributed by atoms with Crippen molar-refractivity contribution in [3.63, 3.8) is 0 Å². The van der Waals surface area contributed by atoms with E-state index in [2.05, 4.69) is 22.8 Å². The van der Waals surface area contributed by atoms with Gasteiger partial charge in [0.1, 0.15) is 11.5 Å². The first kappa shape index (κ1) is 22.7. The van der Waals surface area contributed by atoms with Gasteiger partial charge in [-0.3, -0.25) is 9.59 Å². The van der Waals surface area contributed by atoms with Crippen molar-refractivity contribution < 1.29 is 19.1 Å². The minimum absolute atomic E-state index is 0.0864. The molecule has 0 heterocycles. The van der Waals surface area contributed by atoms with Gasteiger partial charge in [-0.2, -0.15) is 0 Å². The van der Waals surface area contributed by atoms with Crippen LogP contribution in [0, 0.1) is 5.92 Å². The molecule has 3 rings (SSSR count). The van der Waals surface area contributed by atoms with Gasteiger partial charge in [0.05, 0.1) is 12.8 Å². The van der Waals surface area contributed by atoms with Crippen molar-refractivity contribution in [1.82, 2.24) is 0 Å². The minimum Gasteiger partial charge on any atom is -0.494 e. The summed E-state index contributed by atoms with van der Waals surface area (Å²) in [5, 5.41) is 5.61. The monoisotopic (exact) mass is 424 g/mol. The highest BCUT2D eigenvalue weighted by Crippen LogP contribution is 2.33. The van der Waals surface area contributed by atoms with E-state index in [9.17, 15) is 9.59 Å². The third kappa shape index (κ3) is 6.48. The van der Waals surface area contributed by atoms with E-state index >= 15 is 0 Å². The second kappa shape index (κ2) is 10.8. The molecule has 0 spiro atoms. The molecular formula is C25H32N2O4. The first-order chi connectivity index (χ1) is 15.0. The molecule has 1 saturated carbocycles. The van der Waals surface area contributed by atoms with Gasteiger partial charge < -0.3 is 20.1 Å². The van der Waals surface area contributed by atoms with Crippen LogP contribution in [0.1, 0.15) is 57.4 Å². The number of rotatable bonds is 8. The Morgan fingerprint density at radius 3 is 2.35 bits per heavy atom. The van der Waals surface area contributed by atoms with Gasteiger partial charge in [0.25, 0.3) is 5.91 Å². The van der Waals surface area contributed by atoms with Crippen LogP contribution in [0.5, 0.6) is 11.5 Å². The number of anilines is 2. The van der Waals surface area contributed by atoms with E-state index in [1.807, 2.05) is 26.0 Å². The predicted molar refractivity (Wildman–Crippen MR) is 123 cm³/mol. The summed E-state index contributed by atoms with van der Waals surface area (Å²) in [6.07, 6.45) is 6.46. The van der Waals surface area contributed by atoms with Gasteiger partial charge in [0.2, 0.25) is 5.91 Å². The number of carbonyl (C=O) groups is 2. The maximum Gasteiger partial charge on any atom is 0.262 e. The van der Waals surface area contributed by atoms with Crippen molar-refractivity contribution in [3.05, 3.63) is 48.0 Å². The molecule has 2 aromatic carbocycles. The summed E-state index contributed by atoms with van der Waals surface area (Å²) >= 11 is 0. The lowest BCUT2D eigenvalue weighted by Gasteiger charge is -2.22. The second-order valence-corrected chi connectivity index (χ2v) is 8.30. The minimum atomic E-state index is -0.266. The van der Waals surface area contributed by atoms with Crippen molar-refractivity contribution in [1.29, 1.82) is 0 Å². The van der Waals surface area contributed by atoms with Crippen molar-refractivity contribution >= 4 is 23.2 Å². The summed E-state index contributed by atoms with van der Waals surface area (Å²) in [6.45, 7) is 3.55. The van der Waals surface area contributed by atoms with Gasteiger partial charge in [0.15, 0.2) is 6.61 Å². The Kier molecular flexibility index (Phi) is 7.93. The third-order valence-corrected chi connectivity index (χ3v) is 5.59. The molecular weight excluding hydrogens is 392 g/mol. The smallest absolute Gasteiger partial charge is 0.262 e. The summed E-state index contributed by atoms with van der Waals surface area (Å²) in [7, 11) is 1.52. The molecule has 0 radical (unpaired) electrons. The zero-order chi connectivity index (χ0) is 22.2. The summed E-state index contributed by atoms with van der Waals surface area (Å²) < 4.78 is 11.0. The molecule has 0 bridgehead atoms. The molecule has 2 amide bonds. The lowest BCUT2D eigenvalue weighted by molar-refractivity contribution is -0.119. The number of benzene rings is 2. The number of hydrogen-bond donors (Lipinski definition) is 2. The SMILES string of the molecule is COc1cc(NC(=O)COc2ccc(C3CCCCC3)cc2)ccc1NC(=O)C(C)C. The molecule has 1 aliphatic rings. The van der Waals surface area contributed by atoms with Crippen LogP contribution in [0.2, 0.25) is 0 Å². The van der Waals surface area contributed by atoms with E-state index in [1.54, 1.807) is 18.2 Å². The van der Waals surface area contributed by atoms with E-state index in [1.165, 1.54) is 44.8 Å². The fourth-order valence-electron chi connectivity index (χ4n) is 3.77. The Balaban J connectivity index is 1.52. The molecule has 1 aliphatic carbocycles. The standard InChI is InChI=1S/C25H32N2O4/c1-17(2)25(29)27-22-14-11-20(15-23(22)30-3)26-24(28)16-31-21-12-9-19(10-13-21)18-7-5-4-6-8-18/h9-15,17-18H,4-8,16H2,1-3H3,(H,26,28)(H,27,29). The number of methoxy groups -OCH3 is 1. The molecule has 2 N–H and O–H groups in total. The van der Waals surface area contributed by atoms with Crippen molar-refractivity contribution in [2.75, 3.05) is 24.4 Å². The first-order valence-electron chi connectivity index (χ1n) is 11.0. The second-order valence-electron chi connectivity index (χ2n) is 8.30. The Morgan fingerprint density at radius 2 is 1.71 bits per heavy atom. The van der Waals surface area contributed by atoms with E-state index < -0.39 is 0 Å². The highest BCUT2D eigenvalue weighted by Gasteiger charge is 2.16. The lowest BCUT2D eigenvalue weighted by atomic mass is 9.84. The highest BCUT2D eigenvalue weighted by atomic mass is 16.5. The van der Waals surface area contributed by atoms with Gasteiger partial charge in [-0.1, -0.05) is 45.2 Å². The van der Waals surface area contributed by atoms with Crippen molar-refractivity contribution in [2.24, 2.45) is 5.92 Å². The highest BCUT2D eigenvalue weighted by molar-refractivity contribution is 5.95. The van der Waals surface area contributed by atoms with Crippen LogP contribution in [-0.4, -0.2) is 25.5 Å². The zero-order valence-corrected chi connectivity index (χ0v) is 18.6. The Bertz CT molecular complexity index is 887. The first-order valence-corrected chi connectivity index (χ1v) is 11.0. The van der Waals surface area contributed by atoms with Crippen LogP contribution in [0.15, 0.2) is 42.5 Å². The summed E-state index contributed by atoms with van der Waals surface area (Å²) in [5.41, 5.74) is 2.49. The van der Waals surface area contributed by atoms with E-state index in [-0.39, 0.29) is 24.3 Å². The Morgan fingerprint density at radius 1 is 1.00 bits per heavy atom. The number of carbonyl (C=O) groups excluding carboxylic acids is 2. The lowest BCUT2D eigenvalue weighted by Crippen LogP contribution is -2.20. The van der Waals surface area contributed by atoms with E-state index in [4.69, 9.17) is 9.47 Å². The average molecular weight is 425 g/mol. The average Bonchev–Trinajstić information content (AvgIpc) is 2.79. The molecule has 0 saturated heterocycles. The number of hydrogen-bond acceptors (Lipinski definition) is 4. The number of nitrogens with one attached hydrogen (secondary N) is 2. The van der Waals surface area contributed by atoms with Gasteiger partial charge in [0, 0.05) is 17.7 Å². The van der Waals surface area contributed by atoms with Crippen LogP contribution in [0.4, 0.5) is 11.4 Å². The molecule has 31 heavy (non-hydrogen) atoms. The molecule has 6 heteroatoms. The Hall–Kier alpha value is -3.02. The van der Waals surface area contributed by atoms with Gasteiger partial charge in [-0.05, 0) is 48.6 Å². The fraction of sp³-hybridized carbons (Fsp3) is 0.440. The molecule has 0 unspecified atom stereocenters. The van der Waals surface area contributed by atoms with Crippen LogP contribution in [0.3, 0.4) is 0 Å². The summed E-state index contributed by atoms with van der Waals surface area (Å²) in [6, 6.07) is 13.2. The molecule has 2 aromatic rings. The zero-order valence-electron chi connectivity index (χ0n) is 18.6. The van der Waals surface area contributed by atoms with Crippen molar-refractivity contribution in [2.45, 2.75) is 51.9 Å². The topological polar surface area (TPSA) is 76.7 Å². The molecule has 166 valence electrons. The largest absolute Gasteiger partial charge is 0.494 e. The van der Waals surface area contributed by atoms with Crippen LogP contribution < -0.4 is 20.1 Å². The van der Waals surface area contributed by atoms with Crippen LogP contribution in [0.25, 0.3) is 0 Å². The van der Waals surface area contributed by atoms with Gasteiger partial charge in [-0.15, -0.1) is 0 Å². The number of amides is 2. The van der Waals surface area contributed by atoms with E-state index in [0.717, 1.165) is 0 Å². The quantitative estimate of drug-likeness (QED) is 0.598. The van der Waals surface area contributed by atoms with Crippen LogP contribution >= 0.6 is 0 Å². The molecule has 0 aromatic heterocycles. The normalized spacial score (nSPS) is 14.2. The van der Waals surface area contributed by atoms with E-state index in [0.29, 0.717) is 28.8 Å². The fourth-order valence-corrected chi connectivity index (χ4v) is 3.77. The van der Waals surface area contributed by atoms with Gasteiger partial charge in [-0.25, -0.2) is 0 Å². The summed E-state index contributed by atoms with van der Waals surface area (Å²) in [5.74, 6) is 1.30. The molecule has 0 atom stereocenters. The molecule has 0 aliphatic heterocycles. The molecule has 6 nitrogen and oxygen atoms in total. The van der Waals surface area contributed by atoms with Crippen LogP contribution in [-0.2, 0) is 9.59 Å². The van der Waals surface area contributed by atoms with Crippen molar-refractivity contribution in [3.8, 4) is 11.5 Å². The predicted octanol–water partition coefficient (Wildman–Crippen LogP) is 5.35. The third-order valence-electron chi connectivity index (χ3n) is 5.59. The maximum atomic E-state index is 12.3. The summed E-state index contributed by atoms with van der Waals surface area (Å²) in [4.78, 5) is 24.2. The Labute approximate surface area is 184 Å². The molecule has 1 fully saturated rings.